The molecule has 1 N–H and O–H groups in total. The minimum absolute atomic E-state index is 0.543. The van der Waals surface area contributed by atoms with Gasteiger partial charge in [0.25, 0.3) is 0 Å². The number of hydrogen-bond acceptors (Lipinski definition) is 1. The summed E-state index contributed by atoms with van der Waals surface area (Å²) in [5.41, 5.74) is 2.88. The highest BCUT2D eigenvalue weighted by molar-refractivity contribution is 5.25. The van der Waals surface area contributed by atoms with E-state index in [0.29, 0.717) is 6.04 Å². The van der Waals surface area contributed by atoms with Crippen molar-refractivity contribution in [3.63, 3.8) is 0 Å². The molecule has 1 aromatic rings. The molecule has 1 nitrogen and oxygen atoms in total. The van der Waals surface area contributed by atoms with Crippen LogP contribution in [0.15, 0.2) is 24.3 Å². The van der Waals surface area contributed by atoms with Gasteiger partial charge < -0.3 is 5.32 Å². The number of benzene rings is 1. The molecule has 0 spiro atoms. The highest BCUT2D eigenvalue weighted by atomic mass is 14.9. The third-order valence-corrected chi connectivity index (χ3v) is 4.08. The van der Waals surface area contributed by atoms with Crippen LogP contribution in [0.5, 0.6) is 0 Å². The van der Waals surface area contributed by atoms with Gasteiger partial charge in [0.05, 0.1) is 0 Å². The first-order chi connectivity index (χ1) is 8.33. The van der Waals surface area contributed by atoms with Crippen molar-refractivity contribution >= 4 is 0 Å². The van der Waals surface area contributed by atoms with E-state index in [1.807, 2.05) is 0 Å². The van der Waals surface area contributed by atoms with Crippen LogP contribution in [0.3, 0.4) is 0 Å². The molecule has 0 radical (unpaired) electrons. The van der Waals surface area contributed by atoms with Crippen LogP contribution in [0.1, 0.15) is 56.7 Å². The van der Waals surface area contributed by atoms with Gasteiger partial charge in [0.2, 0.25) is 0 Å². The van der Waals surface area contributed by atoms with Crippen molar-refractivity contribution in [3.8, 4) is 0 Å². The Bertz CT molecular complexity index is 324. The maximum atomic E-state index is 3.73. The topological polar surface area (TPSA) is 12.0 Å². The molecule has 1 atom stereocenters. The highest BCUT2D eigenvalue weighted by Crippen LogP contribution is 2.26. The molecule has 1 aliphatic carbocycles. The van der Waals surface area contributed by atoms with E-state index in [2.05, 4.69) is 43.4 Å². The molecule has 17 heavy (non-hydrogen) atoms. The summed E-state index contributed by atoms with van der Waals surface area (Å²) in [6.45, 7) is 5.68. The van der Waals surface area contributed by atoms with Crippen LogP contribution in [-0.4, -0.2) is 6.54 Å². The molecule has 0 bridgehead atoms. The Kier molecular flexibility index (Phi) is 4.61. The lowest BCUT2D eigenvalue weighted by Gasteiger charge is -2.28. The first-order valence-electron chi connectivity index (χ1n) is 7.15. The maximum Gasteiger partial charge on any atom is 0.0317 e. The second-order valence-corrected chi connectivity index (χ2v) is 5.26. The molecule has 0 aromatic heterocycles. The average Bonchev–Trinajstić information content (AvgIpc) is 2.33. The van der Waals surface area contributed by atoms with Gasteiger partial charge in [-0.2, -0.15) is 0 Å². The summed E-state index contributed by atoms with van der Waals surface area (Å²) in [5.74, 6) is 0.943. The predicted molar refractivity (Wildman–Crippen MR) is 74.2 cm³/mol. The van der Waals surface area contributed by atoms with Crippen molar-refractivity contribution < 1.29 is 0 Å². The summed E-state index contributed by atoms with van der Waals surface area (Å²) < 4.78 is 0. The molecule has 94 valence electrons. The fourth-order valence-electron chi connectivity index (χ4n) is 2.49. The fraction of sp³-hybridized carbons (Fsp3) is 0.625. The molecule has 1 aromatic carbocycles. The predicted octanol–water partition coefficient (Wildman–Crippen LogP) is 4.09. The molecule has 2 rings (SSSR count). The van der Waals surface area contributed by atoms with E-state index >= 15 is 0 Å². The monoisotopic (exact) mass is 231 g/mol. The zero-order valence-corrected chi connectivity index (χ0v) is 11.2. The Labute approximate surface area is 106 Å². The van der Waals surface area contributed by atoms with Crippen LogP contribution < -0.4 is 5.32 Å². The van der Waals surface area contributed by atoms with Gasteiger partial charge in [0, 0.05) is 6.04 Å². The molecule has 0 aliphatic heterocycles. The van der Waals surface area contributed by atoms with Crippen molar-refractivity contribution in [1.29, 1.82) is 0 Å². The molecular weight excluding hydrogens is 206 g/mol. The molecule has 0 heterocycles. The minimum Gasteiger partial charge on any atom is -0.310 e. The van der Waals surface area contributed by atoms with Gasteiger partial charge in [0.1, 0.15) is 0 Å². The molecule has 0 saturated heterocycles. The lowest BCUT2D eigenvalue weighted by Crippen LogP contribution is -2.30. The lowest BCUT2D eigenvalue weighted by molar-refractivity contribution is 0.288. The summed E-state index contributed by atoms with van der Waals surface area (Å²) in [7, 11) is 0. The lowest BCUT2D eigenvalue weighted by atomic mass is 9.85. The minimum atomic E-state index is 0.543. The number of aryl methyl sites for hydroxylation is 1. The second kappa shape index (κ2) is 6.20. The average molecular weight is 231 g/mol. The standard InChI is InChI=1S/C16H25N/c1-3-13-8-10-15(11-9-13)16(4-2)17-12-14-6-5-7-14/h8-11,14,16-17H,3-7,12H2,1-2H3. The van der Waals surface area contributed by atoms with Gasteiger partial charge >= 0.3 is 0 Å². The molecule has 1 heteroatoms. The van der Waals surface area contributed by atoms with Crippen LogP contribution in [0.4, 0.5) is 0 Å². The van der Waals surface area contributed by atoms with Gasteiger partial charge in [0.15, 0.2) is 0 Å². The maximum absolute atomic E-state index is 3.73. The normalized spacial score (nSPS) is 17.8. The molecule has 1 saturated carbocycles. The zero-order chi connectivity index (χ0) is 12.1. The number of rotatable bonds is 6. The quantitative estimate of drug-likeness (QED) is 0.777. The van der Waals surface area contributed by atoms with E-state index in [0.717, 1.165) is 12.3 Å². The largest absolute Gasteiger partial charge is 0.310 e. The smallest absolute Gasteiger partial charge is 0.0317 e. The summed E-state index contributed by atoms with van der Waals surface area (Å²) in [6, 6.07) is 9.66. The Morgan fingerprint density at radius 3 is 2.35 bits per heavy atom. The second-order valence-electron chi connectivity index (χ2n) is 5.26. The van der Waals surface area contributed by atoms with E-state index in [1.165, 1.54) is 43.4 Å². The van der Waals surface area contributed by atoms with Crippen LogP contribution in [0.25, 0.3) is 0 Å². The Balaban J connectivity index is 1.90. The van der Waals surface area contributed by atoms with Gasteiger partial charge in [-0.1, -0.05) is 44.5 Å². The first kappa shape index (κ1) is 12.6. The number of hydrogen-bond donors (Lipinski definition) is 1. The van der Waals surface area contributed by atoms with Gasteiger partial charge in [-0.25, -0.2) is 0 Å². The molecular formula is C16H25N. The van der Waals surface area contributed by atoms with E-state index in [9.17, 15) is 0 Å². The van der Waals surface area contributed by atoms with Crippen molar-refractivity contribution in [2.24, 2.45) is 5.92 Å². The highest BCUT2D eigenvalue weighted by Gasteiger charge is 2.18. The Hall–Kier alpha value is -0.820. The van der Waals surface area contributed by atoms with Crippen molar-refractivity contribution in [2.45, 2.75) is 52.0 Å². The van der Waals surface area contributed by atoms with E-state index in [-0.39, 0.29) is 0 Å². The van der Waals surface area contributed by atoms with E-state index in [4.69, 9.17) is 0 Å². The van der Waals surface area contributed by atoms with Crippen LogP contribution in [0.2, 0.25) is 0 Å². The zero-order valence-electron chi connectivity index (χ0n) is 11.2. The fourth-order valence-corrected chi connectivity index (χ4v) is 2.49. The molecule has 1 unspecified atom stereocenters. The van der Waals surface area contributed by atoms with Crippen LogP contribution >= 0.6 is 0 Å². The molecule has 0 amide bonds. The SMILES string of the molecule is CCc1ccc(C(CC)NCC2CCC2)cc1. The molecule has 1 aliphatic rings. The summed E-state index contributed by atoms with van der Waals surface area (Å²) >= 11 is 0. The first-order valence-corrected chi connectivity index (χ1v) is 7.15. The van der Waals surface area contributed by atoms with Crippen molar-refractivity contribution in [1.82, 2.24) is 5.32 Å². The van der Waals surface area contributed by atoms with E-state index < -0.39 is 0 Å². The van der Waals surface area contributed by atoms with Crippen molar-refractivity contribution in [2.75, 3.05) is 6.54 Å². The van der Waals surface area contributed by atoms with Gasteiger partial charge in [-0.05, 0) is 49.3 Å². The summed E-state index contributed by atoms with van der Waals surface area (Å²) in [6.07, 6.45) is 6.61. The number of nitrogens with one attached hydrogen (secondary N) is 1. The summed E-state index contributed by atoms with van der Waals surface area (Å²) in [5, 5.41) is 3.73. The summed E-state index contributed by atoms with van der Waals surface area (Å²) in [4.78, 5) is 0. The van der Waals surface area contributed by atoms with Gasteiger partial charge in [-0.15, -0.1) is 0 Å². The van der Waals surface area contributed by atoms with Gasteiger partial charge in [-0.3, -0.25) is 0 Å². The van der Waals surface area contributed by atoms with Crippen LogP contribution in [-0.2, 0) is 6.42 Å². The third kappa shape index (κ3) is 3.32. The Morgan fingerprint density at radius 1 is 1.18 bits per heavy atom. The van der Waals surface area contributed by atoms with Crippen molar-refractivity contribution in [3.05, 3.63) is 35.4 Å². The Morgan fingerprint density at radius 2 is 1.88 bits per heavy atom. The molecule has 1 fully saturated rings. The van der Waals surface area contributed by atoms with Crippen LogP contribution in [0, 0.1) is 5.92 Å². The van der Waals surface area contributed by atoms with E-state index in [1.54, 1.807) is 0 Å². The third-order valence-electron chi connectivity index (χ3n) is 4.08.